The van der Waals surface area contributed by atoms with E-state index in [-0.39, 0.29) is 5.82 Å². The molecule has 0 bridgehead atoms. The minimum absolute atomic E-state index is 0.202. The van der Waals surface area contributed by atoms with Gasteiger partial charge in [-0.2, -0.15) is 0 Å². The number of aryl methyl sites for hydroxylation is 1. The van der Waals surface area contributed by atoms with E-state index in [1.807, 2.05) is 25.1 Å². The Kier molecular flexibility index (Phi) is 6.13. The monoisotopic (exact) mass is 402 g/mol. The first kappa shape index (κ1) is 19.5. The van der Waals surface area contributed by atoms with E-state index in [0.717, 1.165) is 35.9 Å². The molecule has 0 fully saturated rings. The number of thiazole rings is 1. The molecule has 1 aromatic heterocycles. The van der Waals surface area contributed by atoms with Gasteiger partial charge in [0.05, 0.1) is 6.54 Å². The molecule has 0 aliphatic rings. The maximum Gasteiger partial charge on any atom is 0.123 e. The van der Waals surface area contributed by atoms with Gasteiger partial charge in [-0.25, -0.2) is 9.37 Å². The lowest BCUT2D eigenvalue weighted by Gasteiger charge is -2.22. The van der Waals surface area contributed by atoms with Gasteiger partial charge in [-0.3, -0.25) is 4.90 Å². The van der Waals surface area contributed by atoms with Gasteiger partial charge in [0.2, 0.25) is 0 Å². The zero-order valence-corrected chi connectivity index (χ0v) is 17.2. The Balaban J connectivity index is 1.51. The van der Waals surface area contributed by atoms with Crippen molar-refractivity contribution in [2.24, 2.45) is 0 Å². The van der Waals surface area contributed by atoms with Crippen LogP contribution in [0, 0.1) is 12.7 Å². The fourth-order valence-corrected chi connectivity index (χ4v) is 4.19. The van der Waals surface area contributed by atoms with Crippen LogP contribution in [0.15, 0.2) is 84.2 Å². The summed E-state index contributed by atoms with van der Waals surface area (Å²) in [4.78, 5) is 6.97. The Bertz CT molecular complexity index is 1040. The van der Waals surface area contributed by atoms with Crippen LogP contribution in [0.4, 0.5) is 4.39 Å². The predicted molar refractivity (Wildman–Crippen MR) is 118 cm³/mol. The minimum Gasteiger partial charge on any atom is -0.288 e. The van der Waals surface area contributed by atoms with E-state index in [0.29, 0.717) is 0 Å². The van der Waals surface area contributed by atoms with Crippen LogP contribution >= 0.6 is 11.3 Å². The van der Waals surface area contributed by atoms with Crippen LogP contribution in [0.2, 0.25) is 0 Å². The lowest BCUT2D eigenvalue weighted by atomic mass is 10.0. The fourth-order valence-electron chi connectivity index (χ4n) is 3.37. The summed E-state index contributed by atoms with van der Waals surface area (Å²) in [6.07, 6.45) is 0. The third-order valence-electron chi connectivity index (χ3n) is 4.81. The van der Waals surface area contributed by atoms with Crippen molar-refractivity contribution >= 4 is 11.3 Å². The lowest BCUT2D eigenvalue weighted by molar-refractivity contribution is 0.247. The van der Waals surface area contributed by atoms with Gasteiger partial charge in [0, 0.05) is 24.2 Å². The summed E-state index contributed by atoms with van der Waals surface area (Å²) in [6, 6.07) is 25.9. The van der Waals surface area contributed by atoms with Gasteiger partial charge in [-0.1, -0.05) is 66.7 Å². The lowest BCUT2D eigenvalue weighted by Crippen LogP contribution is -2.22. The molecule has 0 aliphatic carbocycles. The Hall–Kier alpha value is -2.82. The van der Waals surface area contributed by atoms with Crippen molar-refractivity contribution in [3.05, 3.63) is 112 Å². The smallest absolute Gasteiger partial charge is 0.123 e. The number of aromatic nitrogens is 1. The van der Waals surface area contributed by atoms with E-state index in [2.05, 4.69) is 63.8 Å². The molecule has 1 heterocycles. The van der Waals surface area contributed by atoms with Crippen LogP contribution in [-0.4, -0.2) is 9.88 Å². The molecule has 4 heteroatoms. The molecule has 0 spiro atoms. The Morgan fingerprint density at radius 2 is 1.34 bits per heavy atom. The topological polar surface area (TPSA) is 16.1 Å². The van der Waals surface area contributed by atoms with Crippen molar-refractivity contribution in [3.8, 4) is 11.1 Å². The maximum absolute atomic E-state index is 13.3. The number of rotatable bonds is 7. The molecule has 29 heavy (non-hydrogen) atoms. The predicted octanol–water partition coefficient (Wildman–Crippen LogP) is 6.46. The highest BCUT2D eigenvalue weighted by molar-refractivity contribution is 7.09. The highest BCUT2D eigenvalue weighted by atomic mass is 32.1. The largest absolute Gasteiger partial charge is 0.288 e. The number of hydrogen-bond acceptors (Lipinski definition) is 3. The van der Waals surface area contributed by atoms with E-state index >= 15 is 0 Å². The molecule has 4 rings (SSSR count). The first-order valence-corrected chi connectivity index (χ1v) is 10.6. The van der Waals surface area contributed by atoms with Crippen molar-refractivity contribution in [1.82, 2.24) is 9.88 Å². The highest BCUT2D eigenvalue weighted by Gasteiger charge is 2.11. The van der Waals surface area contributed by atoms with Gasteiger partial charge in [0.25, 0.3) is 0 Å². The SMILES string of the molecule is Cc1csc(CN(Cc2ccc(F)cc2)Cc2ccc(-c3ccccc3)cc2)n1. The van der Waals surface area contributed by atoms with Gasteiger partial charge in [0.1, 0.15) is 10.8 Å². The highest BCUT2D eigenvalue weighted by Crippen LogP contribution is 2.21. The third-order valence-corrected chi connectivity index (χ3v) is 5.76. The Labute approximate surface area is 175 Å². The Morgan fingerprint density at radius 1 is 0.759 bits per heavy atom. The number of benzene rings is 3. The molecular weight excluding hydrogens is 379 g/mol. The number of halogens is 1. The molecule has 0 radical (unpaired) electrons. The molecule has 0 atom stereocenters. The van der Waals surface area contributed by atoms with E-state index in [9.17, 15) is 4.39 Å². The van der Waals surface area contributed by atoms with Crippen molar-refractivity contribution in [1.29, 1.82) is 0 Å². The van der Waals surface area contributed by atoms with Crippen LogP contribution in [0.1, 0.15) is 21.8 Å². The van der Waals surface area contributed by atoms with Gasteiger partial charge >= 0.3 is 0 Å². The quantitative estimate of drug-likeness (QED) is 0.353. The summed E-state index contributed by atoms with van der Waals surface area (Å²) in [6.45, 7) is 4.35. The average Bonchev–Trinajstić information content (AvgIpc) is 3.15. The maximum atomic E-state index is 13.3. The molecule has 2 nitrogen and oxygen atoms in total. The average molecular weight is 403 g/mol. The van der Waals surface area contributed by atoms with Gasteiger partial charge in [-0.15, -0.1) is 11.3 Å². The third kappa shape index (κ3) is 5.37. The molecule has 0 N–H and O–H groups in total. The van der Waals surface area contributed by atoms with Crippen LogP contribution < -0.4 is 0 Å². The van der Waals surface area contributed by atoms with E-state index in [4.69, 9.17) is 0 Å². The molecule has 0 aliphatic heterocycles. The molecule has 0 unspecified atom stereocenters. The standard InChI is InChI=1S/C25H23FN2S/c1-19-18-29-25(27-19)17-28(16-21-9-13-24(26)14-10-21)15-20-7-11-23(12-8-20)22-5-3-2-4-6-22/h2-14,18H,15-17H2,1H3. The van der Waals surface area contributed by atoms with Crippen molar-refractivity contribution in [2.75, 3.05) is 0 Å². The summed E-state index contributed by atoms with van der Waals surface area (Å²) >= 11 is 1.69. The first-order chi connectivity index (χ1) is 14.2. The molecule has 0 saturated heterocycles. The van der Waals surface area contributed by atoms with Crippen molar-refractivity contribution in [3.63, 3.8) is 0 Å². The summed E-state index contributed by atoms with van der Waals surface area (Å²) in [7, 11) is 0. The van der Waals surface area contributed by atoms with E-state index in [1.54, 1.807) is 11.3 Å². The minimum atomic E-state index is -0.202. The number of hydrogen-bond donors (Lipinski definition) is 0. The van der Waals surface area contributed by atoms with Crippen LogP contribution in [-0.2, 0) is 19.6 Å². The van der Waals surface area contributed by atoms with Crippen molar-refractivity contribution in [2.45, 2.75) is 26.6 Å². The molecule has 3 aromatic carbocycles. The summed E-state index contributed by atoms with van der Waals surface area (Å²) in [5.41, 5.74) is 5.84. The van der Waals surface area contributed by atoms with E-state index < -0.39 is 0 Å². The second-order valence-electron chi connectivity index (χ2n) is 7.22. The van der Waals surface area contributed by atoms with Crippen LogP contribution in [0.3, 0.4) is 0 Å². The van der Waals surface area contributed by atoms with Crippen molar-refractivity contribution < 1.29 is 4.39 Å². The molecular formula is C25H23FN2S. The van der Waals surface area contributed by atoms with Crippen LogP contribution in [0.25, 0.3) is 11.1 Å². The van der Waals surface area contributed by atoms with Gasteiger partial charge in [0.15, 0.2) is 0 Å². The molecule has 0 saturated carbocycles. The van der Waals surface area contributed by atoms with Crippen LogP contribution in [0.5, 0.6) is 0 Å². The fraction of sp³-hybridized carbons (Fsp3) is 0.160. The summed E-state index contributed by atoms with van der Waals surface area (Å²) in [5.74, 6) is -0.202. The molecule has 4 aromatic rings. The zero-order valence-electron chi connectivity index (χ0n) is 16.4. The van der Waals surface area contributed by atoms with E-state index in [1.165, 1.54) is 28.8 Å². The summed E-state index contributed by atoms with van der Waals surface area (Å²) < 4.78 is 13.3. The summed E-state index contributed by atoms with van der Waals surface area (Å²) in [5, 5.41) is 3.19. The second-order valence-corrected chi connectivity index (χ2v) is 8.16. The molecule has 146 valence electrons. The molecule has 0 amide bonds. The van der Waals surface area contributed by atoms with Gasteiger partial charge in [-0.05, 0) is 41.3 Å². The normalized spacial score (nSPS) is 11.1. The first-order valence-electron chi connectivity index (χ1n) is 9.68. The van der Waals surface area contributed by atoms with Gasteiger partial charge < -0.3 is 0 Å². The number of nitrogens with zero attached hydrogens (tertiary/aromatic N) is 2. The second kappa shape index (κ2) is 9.12. The Morgan fingerprint density at radius 3 is 1.93 bits per heavy atom. The zero-order chi connectivity index (χ0) is 20.1.